The molecule has 0 saturated heterocycles. The van der Waals surface area contributed by atoms with Crippen LogP contribution in [0.2, 0.25) is 5.02 Å². The normalized spacial score (nSPS) is 10.1. The lowest BCUT2D eigenvalue weighted by Gasteiger charge is -2.10. The van der Waals surface area contributed by atoms with Crippen LogP contribution in [-0.4, -0.2) is 12.5 Å². The minimum absolute atomic E-state index is 0.238. The van der Waals surface area contributed by atoms with Crippen LogP contribution < -0.4 is 15.8 Å². The Morgan fingerprint density at radius 1 is 1.25 bits per heavy atom. The van der Waals surface area contributed by atoms with Crippen LogP contribution in [-0.2, 0) is 0 Å². The maximum Gasteiger partial charge on any atom is 0.255 e. The largest absolute Gasteiger partial charge is 0.494 e. The van der Waals surface area contributed by atoms with E-state index < -0.39 is 0 Å². The molecule has 0 aliphatic rings. The van der Waals surface area contributed by atoms with Crippen LogP contribution in [0.4, 0.5) is 11.4 Å². The molecule has 2 aromatic rings. The maximum absolute atomic E-state index is 12.0. The number of hydrogen-bond donors (Lipinski definition) is 2. The number of carbonyl (C=O) groups is 1. The van der Waals surface area contributed by atoms with Crippen LogP contribution in [0.25, 0.3) is 0 Å². The Morgan fingerprint density at radius 2 is 1.95 bits per heavy atom. The van der Waals surface area contributed by atoms with Gasteiger partial charge in [0.25, 0.3) is 5.91 Å². The van der Waals surface area contributed by atoms with E-state index in [0.717, 1.165) is 0 Å². The van der Waals surface area contributed by atoms with Gasteiger partial charge < -0.3 is 15.8 Å². The zero-order chi connectivity index (χ0) is 14.5. The van der Waals surface area contributed by atoms with Gasteiger partial charge in [-0.15, -0.1) is 0 Å². The van der Waals surface area contributed by atoms with Crippen molar-refractivity contribution in [2.24, 2.45) is 0 Å². The van der Waals surface area contributed by atoms with E-state index in [9.17, 15) is 4.79 Å². The molecular weight excluding hydrogens is 276 g/mol. The number of hydrogen-bond acceptors (Lipinski definition) is 3. The van der Waals surface area contributed by atoms with Crippen molar-refractivity contribution in [3.63, 3.8) is 0 Å². The van der Waals surface area contributed by atoms with Crippen LogP contribution in [0.3, 0.4) is 0 Å². The molecule has 20 heavy (non-hydrogen) atoms. The van der Waals surface area contributed by atoms with Crippen molar-refractivity contribution in [3.8, 4) is 5.75 Å². The van der Waals surface area contributed by atoms with E-state index in [2.05, 4.69) is 5.32 Å². The third kappa shape index (κ3) is 3.42. The number of amides is 1. The van der Waals surface area contributed by atoms with Crippen molar-refractivity contribution < 1.29 is 9.53 Å². The summed E-state index contributed by atoms with van der Waals surface area (Å²) in [5.41, 5.74) is 7.41. The maximum atomic E-state index is 12.0. The van der Waals surface area contributed by atoms with E-state index in [0.29, 0.717) is 34.3 Å². The van der Waals surface area contributed by atoms with Gasteiger partial charge in [0.15, 0.2) is 0 Å². The van der Waals surface area contributed by atoms with Crippen molar-refractivity contribution >= 4 is 28.9 Å². The minimum atomic E-state index is -0.238. The standard InChI is InChI=1S/C15H15ClN2O2/c1-2-20-12-7-8-14(13(17)9-12)18-15(19)10-3-5-11(16)6-4-10/h3-9H,2,17H2,1H3,(H,18,19). The molecule has 0 fully saturated rings. The zero-order valence-corrected chi connectivity index (χ0v) is 11.8. The molecule has 2 rings (SSSR count). The summed E-state index contributed by atoms with van der Waals surface area (Å²) in [6.45, 7) is 2.46. The molecule has 104 valence electrons. The molecule has 0 atom stereocenters. The van der Waals surface area contributed by atoms with E-state index in [-0.39, 0.29) is 5.91 Å². The minimum Gasteiger partial charge on any atom is -0.494 e. The SMILES string of the molecule is CCOc1ccc(NC(=O)c2ccc(Cl)cc2)c(N)c1. The molecule has 2 aromatic carbocycles. The second-order valence-corrected chi connectivity index (χ2v) is 4.58. The van der Waals surface area contributed by atoms with Crippen molar-refractivity contribution in [1.29, 1.82) is 0 Å². The first-order valence-electron chi connectivity index (χ1n) is 6.19. The number of nitrogen functional groups attached to an aromatic ring is 1. The lowest BCUT2D eigenvalue weighted by Crippen LogP contribution is -2.13. The highest BCUT2D eigenvalue weighted by atomic mass is 35.5. The van der Waals surface area contributed by atoms with Gasteiger partial charge >= 0.3 is 0 Å². The molecule has 0 saturated carbocycles. The van der Waals surface area contributed by atoms with Crippen LogP contribution in [0.1, 0.15) is 17.3 Å². The lowest BCUT2D eigenvalue weighted by molar-refractivity contribution is 0.102. The molecule has 3 N–H and O–H groups in total. The Labute approximate surface area is 122 Å². The third-order valence-corrected chi connectivity index (χ3v) is 2.94. The number of benzene rings is 2. The predicted octanol–water partition coefficient (Wildman–Crippen LogP) is 3.57. The number of halogens is 1. The van der Waals surface area contributed by atoms with Crippen LogP contribution in [0, 0.1) is 0 Å². The first-order valence-corrected chi connectivity index (χ1v) is 6.57. The highest BCUT2D eigenvalue weighted by Crippen LogP contribution is 2.25. The van der Waals surface area contributed by atoms with Gasteiger partial charge in [-0.2, -0.15) is 0 Å². The molecule has 1 amide bonds. The zero-order valence-electron chi connectivity index (χ0n) is 11.0. The van der Waals surface area contributed by atoms with Gasteiger partial charge in [0, 0.05) is 16.7 Å². The van der Waals surface area contributed by atoms with Crippen LogP contribution in [0.15, 0.2) is 42.5 Å². The predicted molar refractivity (Wildman–Crippen MR) is 81.4 cm³/mol. The molecule has 0 unspecified atom stereocenters. The highest BCUT2D eigenvalue weighted by molar-refractivity contribution is 6.30. The van der Waals surface area contributed by atoms with Gasteiger partial charge in [-0.05, 0) is 43.3 Å². The van der Waals surface area contributed by atoms with Gasteiger partial charge in [-0.1, -0.05) is 11.6 Å². The average Bonchev–Trinajstić information content (AvgIpc) is 2.43. The summed E-state index contributed by atoms with van der Waals surface area (Å²) in [4.78, 5) is 12.0. The van der Waals surface area contributed by atoms with Gasteiger partial charge in [0.2, 0.25) is 0 Å². The van der Waals surface area contributed by atoms with Crippen LogP contribution in [0.5, 0.6) is 5.75 Å². The third-order valence-electron chi connectivity index (χ3n) is 2.69. The Hall–Kier alpha value is -2.20. The number of ether oxygens (including phenoxy) is 1. The topological polar surface area (TPSA) is 64.3 Å². The highest BCUT2D eigenvalue weighted by Gasteiger charge is 2.08. The fourth-order valence-corrected chi connectivity index (χ4v) is 1.83. The summed E-state index contributed by atoms with van der Waals surface area (Å²) in [7, 11) is 0. The quantitative estimate of drug-likeness (QED) is 0.846. The Kier molecular flexibility index (Phi) is 4.48. The first kappa shape index (κ1) is 14.2. The van der Waals surface area contributed by atoms with Gasteiger partial charge in [0.05, 0.1) is 18.0 Å². The van der Waals surface area contributed by atoms with Gasteiger partial charge in [0.1, 0.15) is 5.75 Å². The van der Waals surface area contributed by atoms with E-state index in [1.807, 2.05) is 6.92 Å². The fourth-order valence-electron chi connectivity index (χ4n) is 1.71. The Morgan fingerprint density at radius 3 is 2.55 bits per heavy atom. The van der Waals surface area contributed by atoms with Crippen molar-refractivity contribution in [3.05, 3.63) is 53.1 Å². The average molecular weight is 291 g/mol. The Bertz CT molecular complexity index is 612. The summed E-state index contributed by atoms with van der Waals surface area (Å²) in [5.74, 6) is 0.437. The number of rotatable bonds is 4. The summed E-state index contributed by atoms with van der Waals surface area (Å²) >= 11 is 5.78. The number of nitrogens with two attached hydrogens (primary N) is 1. The molecule has 0 radical (unpaired) electrons. The van der Waals surface area contributed by atoms with Gasteiger partial charge in [-0.3, -0.25) is 4.79 Å². The monoisotopic (exact) mass is 290 g/mol. The lowest BCUT2D eigenvalue weighted by atomic mass is 10.2. The van der Waals surface area contributed by atoms with Crippen molar-refractivity contribution in [1.82, 2.24) is 0 Å². The van der Waals surface area contributed by atoms with E-state index in [1.54, 1.807) is 42.5 Å². The fraction of sp³-hybridized carbons (Fsp3) is 0.133. The molecule has 5 heteroatoms. The molecule has 4 nitrogen and oxygen atoms in total. The Balaban J connectivity index is 2.13. The molecule has 0 aliphatic carbocycles. The molecular formula is C15H15ClN2O2. The molecule has 0 bridgehead atoms. The van der Waals surface area contributed by atoms with Crippen LogP contribution >= 0.6 is 11.6 Å². The second-order valence-electron chi connectivity index (χ2n) is 4.14. The van der Waals surface area contributed by atoms with E-state index >= 15 is 0 Å². The van der Waals surface area contributed by atoms with E-state index in [1.165, 1.54) is 0 Å². The molecule has 0 spiro atoms. The number of anilines is 2. The second kappa shape index (κ2) is 6.30. The summed E-state index contributed by atoms with van der Waals surface area (Å²) in [6.07, 6.45) is 0. The summed E-state index contributed by atoms with van der Waals surface area (Å²) < 4.78 is 5.34. The van der Waals surface area contributed by atoms with Gasteiger partial charge in [-0.25, -0.2) is 0 Å². The van der Waals surface area contributed by atoms with Crippen molar-refractivity contribution in [2.75, 3.05) is 17.7 Å². The first-order chi connectivity index (χ1) is 9.60. The summed E-state index contributed by atoms with van der Waals surface area (Å²) in [5, 5.41) is 3.34. The number of carbonyl (C=O) groups excluding carboxylic acids is 1. The molecule has 0 aromatic heterocycles. The molecule has 0 aliphatic heterocycles. The molecule has 0 heterocycles. The van der Waals surface area contributed by atoms with Crippen molar-refractivity contribution in [2.45, 2.75) is 6.92 Å². The number of nitrogens with one attached hydrogen (secondary N) is 1. The summed E-state index contributed by atoms with van der Waals surface area (Å²) in [6, 6.07) is 11.8. The van der Waals surface area contributed by atoms with E-state index in [4.69, 9.17) is 22.1 Å². The smallest absolute Gasteiger partial charge is 0.255 e.